The Morgan fingerprint density at radius 1 is 1.06 bits per heavy atom. The Bertz CT molecular complexity index is 381. The Kier molecular flexibility index (Phi) is 3.68. The van der Waals surface area contributed by atoms with Gasteiger partial charge in [-0.15, -0.1) is 0 Å². The fourth-order valence-electron chi connectivity index (χ4n) is 3.41. The minimum Gasteiger partial charge on any atom is -0.0609 e. The Labute approximate surface area is 114 Å². The number of rotatable bonds is 1. The molecule has 0 bridgehead atoms. The van der Waals surface area contributed by atoms with Gasteiger partial charge in [0.2, 0.25) is 0 Å². The number of benzene rings is 1. The molecule has 0 amide bonds. The summed E-state index contributed by atoms with van der Waals surface area (Å²) in [5.41, 5.74) is 2.24. The van der Waals surface area contributed by atoms with Crippen molar-refractivity contribution in [3.05, 3.63) is 34.3 Å². The molecule has 1 saturated carbocycles. The van der Waals surface area contributed by atoms with Gasteiger partial charge in [0.25, 0.3) is 0 Å². The molecular formula is C16H23Br. The molecule has 94 valence electrons. The molecule has 0 nitrogen and oxygen atoms in total. The maximum Gasteiger partial charge on any atom is 0.0178 e. The smallest absolute Gasteiger partial charge is 0.0178 e. The van der Waals surface area contributed by atoms with E-state index < -0.39 is 0 Å². The molecule has 1 heteroatoms. The Balaban J connectivity index is 2.46. The first-order chi connectivity index (χ1) is 7.96. The van der Waals surface area contributed by atoms with Gasteiger partial charge in [0.1, 0.15) is 0 Å². The molecule has 0 aromatic heterocycles. The topological polar surface area (TPSA) is 0 Å². The molecule has 2 rings (SSSR count). The van der Waals surface area contributed by atoms with Gasteiger partial charge in [-0.05, 0) is 36.0 Å². The Hall–Kier alpha value is -0.300. The molecule has 0 aliphatic heterocycles. The van der Waals surface area contributed by atoms with Crippen molar-refractivity contribution >= 4 is 15.9 Å². The summed E-state index contributed by atoms with van der Waals surface area (Å²) in [4.78, 5) is 0. The maximum absolute atomic E-state index is 3.62. The first-order valence-electron chi connectivity index (χ1n) is 6.72. The average molecular weight is 295 g/mol. The molecule has 1 aliphatic rings. The zero-order chi connectivity index (χ0) is 12.5. The van der Waals surface area contributed by atoms with Crippen LogP contribution in [0.3, 0.4) is 0 Å². The van der Waals surface area contributed by atoms with E-state index >= 15 is 0 Å². The summed E-state index contributed by atoms with van der Waals surface area (Å²) in [5, 5.41) is 0. The summed E-state index contributed by atoms with van der Waals surface area (Å²) < 4.78 is 1.21. The molecule has 1 aromatic carbocycles. The van der Waals surface area contributed by atoms with Crippen molar-refractivity contribution in [2.45, 2.75) is 58.3 Å². The highest BCUT2D eigenvalue weighted by Crippen LogP contribution is 2.51. The molecule has 1 aliphatic carbocycles. The number of hydrogen-bond donors (Lipinski definition) is 0. The fraction of sp³-hybridized carbons (Fsp3) is 0.625. The van der Waals surface area contributed by atoms with Crippen molar-refractivity contribution in [3.8, 4) is 0 Å². The molecule has 17 heavy (non-hydrogen) atoms. The summed E-state index contributed by atoms with van der Waals surface area (Å²) in [6, 6.07) is 8.96. The first-order valence-corrected chi connectivity index (χ1v) is 7.51. The van der Waals surface area contributed by atoms with E-state index in [0.29, 0.717) is 10.8 Å². The van der Waals surface area contributed by atoms with E-state index in [1.807, 2.05) is 0 Å². The van der Waals surface area contributed by atoms with Crippen LogP contribution in [0.5, 0.6) is 0 Å². The lowest BCUT2D eigenvalue weighted by Gasteiger charge is -2.48. The average Bonchev–Trinajstić information content (AvgIpc) is 2.28. The predicted molar refractivity (Wildman–Crippen MR) is 78.4 cm³/mol. The monoisotopic (exact) mass is 294 g/mol. The lowest BCUT2D eigenvalue weighted by molar-refractivity contribution is 0.126. The molecule has 0 heterocycles. The van der Waals surface area contributed by atoms with Crippen LogP contribution < -0.4 is 0 Å². The van der Waals surface area contributed by atoms with Gasteiger partial charge < -0.3 is 0 Å². The predicted octanol–water partition coefficient (Wildman–Crippen LogP) is 5.70. The minimum atomic E-state index is 0.341. The van der Waals surface area contributed by atoms with E-state index in [2.05, 4.69) is 61.0 Å². The maximum atomic E-state index is 3.62. The summed E-state index contributed by atoms with van der Waals surface area (Å²) in [5.74, 6) is 0. The van der Waals surface area contributed by atoms with Gasteiger partial charge >= 0.3 is 0 Å². The van der Waals surface area contributed by atoms with Gasteiger partial charge in [-0.25, -0.2) is 0 Å². The molecule has 0 spiro atoms. The largest absolute Gasteiger partial charge is 0.0609 e. The van der Waals surface area contributed by atoms with Crippen LogP contribution in [0, 0.1) is 5.41 Å². The van der Waals surface area contributed by atoms with Crippen LogP contribution in [0.15, 0.2) is 28.7 Å². The fourth-order valence-corrected chi connectivity index (χ4v) is 3.81. The summed E-state index contributed by atoms with van der Waals surface area (Å²) in [6.07, 6.45) is 6.85. The first kappa shape index (κ1) is 13.1. The van der Waals surface area contributed by atoms with E-state index in [0.717, 1.165) is 0 Å². The van der Waals surface area contributed by atoms with Crippen LogP contribution in [0.4, 0.5) is 0 Å². The van der Waals surface area contributed by atoms with Crippen LogP contribution in [-0.4, -0.2) is 0 Å². The second-order valence-corrected chi connectivity index (χ2v) is 7.32. The van der Waals surface area contributed by atoms with Crippen LogP contribution in [0.2, 0.25) is 0 Å². The molecule has 0 atom stereocenters. The summed E-state index contributed by atoms with van der Waals surface area (Å²) >= 11 is 3.62. The highest BCUT2D eigenvalue weighted by Gasteiger charge is 2.43. The van der Waals surface area contributed by atoms with Crippen LogP contribution in [0.25, 0.3) is 0 Å². The zero-order valence-corrected chi connectivity index (χ0v) is 12.8. The standard InChI is InChI=1S/C16H23Br/c1-15(2,3)16(10-5-4-6-11-16)13-8-7-9-14(17)12-13/h7-9,12H,4-6,10-11H2,1-3H3. The molecule has 0 N–H and O–H groups in total. The minimum absolute atomic E-state index is 0.341. The van der Waals surface area contributed by atoms with Crippen LogP contribution in [0.1, 0.15) is 58.4 Å². The third-order valence-corrected chi connectivity index (χ3v) is 5.01. The second kappa shape index (κ2) is 4.76. The van der Waals surface area contributed by atoms with Gasteiger partial charge in [-0.1, -0.05) is 68.1 Å². The van der Waals surface area contributed by atoms with Gasteiger partial charge in [-0.2, -0.15) is 0 Å². The van der Waals surface area contributed by atoms with Crippen molar-refractivity contribution in [3.63, 3.8) is 0 Å². The highest BCUT2D eigenvalue weighted by molar-refractivity contribution is 9.10. The quantitative estimate of drug-likeness (QED) is 0.623. The van der Waals surface area contributed by atoms with Crippen molar-refractivity contribution in [1.82, 2.24) is 0 Å². The zero-order valence-electron chi connectivity index (χ0n) is 11.2. The number of hydrogen-bond acceptors (Lipinski definition) is 0. The SMILES string of the molecule is CC(C)(C)C1(c2cccc(Br)c2)CCCCC1. The van der Waals surface area contributed by atoms with Crippen molar-refractivity contribution in [1.29, 1.82) is 0 Å². The Morgan fingerprint density at radius 2 is 1.71 bits per heavy atom. The van der Waals surface area contributed by atoms with Crippen molar-refractivity contribution in [2.24, 2.45) is 5.41 Å². The Morgan fingerprint density at radius 3 is 2.24 bits per heavy atom. The van der Waals surface area contributed by atoms with Crippen LogP contribution in [-0.2, 0) is 5.41 Å². The molecular weight excluding hydrogens is 272 g/mol. The molecule has 0 unspecified atom stereocenters. The van der Waals surface area contributed by atoms with E-state index in [1.165, 1.54) is 42.1 Å². The van der Waals surface area contributed by atoms with E-state index in [9.17, 15) is 0 Å². The third-order valence-electron chi connectivity index (χ3n) is 4.52. The normalized spacial score (nSPS) is 20.2. The molecule has 0 saturated heterocycles. The molecule has 0 radical (unpaired) electrons. The van der Waals surface area contributed by atoms with Crippen LogP contribution >= 0.6 is 15.9 Å². The summed E-state index contributed by atoms with van der Waals surface area (Å²) in [7, 11) is 0. The van der Waals surface area contributed by atoms with Gasteiger partial charge in [0, 0.05) is 9.89 Å². The number of halogens is 1. The molecule has 1 aromatic rings. The van der Waals surface area contributed by atoms with Gasteiger partial charge in [0.15, 0.2) is 0 Å². The second-order valence-electron chi connectivity index (χ2n) is 6.40. The van der Waals surface area contributed by atoms with Crippen molar-refractivity contribution < 1.29 is 0 Å². The lowest BCUT2D eigenvalue weighted by atomic mass is 9.56. The van der Waals surface area contributed by atoms with E-state index in [1.54, 1.807) is 0 Å². The summed E-state index contributed by atoms with van der Waals surface area (Å²) in [6.45, 7) is 7.21. The lowest BCUT2D eigenvalue weighted by Crippen LogP contribution is -2.41. The van der Waals surface area contributed by atoms with Crippen molar-refractivity contribution in [2.75, 3.05) is 0 Å². The van der Waals surface area contributed by atoms with E-state index in [4.69, 9.17) is 0 Å². The highest BCUT2D eigenvalue weighted by atomic mass is 79.9. The van der Waals surface area contributed by atoms with Gasteiger partial charge in [-0.3, -0.25) is 0 Å². The molecule has 1 fully saturated rings. The van der Waals surface area contributed by atoms with E-state index in [-0.39, 0.29) is 0 Å². The third kappa shape index (κ3) is 2.45. The van der Waals surface area contributed by atoms with Gasteiger partial charge in [0.05, 0.1) is 0 Å².